The van der Waals surface area contributed by atoms with Crippen molar-refractivity contribution in [1.82, 2.24) is 14.9 Å². The van der Waals surface area contributed by atoms with Gasteiger partial charge in [0.15, 0.2) is 0 Å². The lowest BCUT2D eigenvalue weighted by molar-refractivity contribution is 0.603. The summed E-state index contributed by atoms with van der Waals surface area (Å²) in [4.78, 5) is 4.39. The molecule has 72 valence electrons. The molecule has 3 heteroatoms. The number of aromatic nitrogens is 2. The molecule has 1 aliphatic carbocycles. The lowest BCUT2D eigenvalue weighted by atomic mass is 10.5. The Balaban J connectivity index is 2.00. The van der Waals surface area contributed by atoms with E-state index in [0.29, 0.717) is 0 Å². The summed E-state index contributed by atoms with van der Waals surface area (Å²) in [6.07, 6.45) is 4.63. The summed E-state index contributed by atoms with van der Waals surface area (Å²) in [7, 11) is 0. The summed E-state index contributed by atoms with van der Waals surface area (Å²) < 4.78 is 2.26. The molecule has 0 spiro atoms. The molecule has 1 heterocycles. The van der Waals surface area contributed by atoms with E-state index in [4.69, 9.17) is 0 Å². The minimum absolute atomic E-state index is 0.766. The molecule has 1 aliphatic rings. The van der Waals surface area contributed by atoms with Gasteiger partial charge in [-0.05, 0) is 26.7 Å². The zero-order valence-corrected chi connectivity index (χ0v) is 8.38. The molecule has 0 aromatic carbocycles. The van der Waals surface area contributed by atoms with Crippen molar-refractivity contribution >= 4 is 0 Å². The van der Waals surface area contributed by atoms with Crippen molar-refractivity contribution in [3.05, 3.63) is 17.7 Å². The molecule has 0 aliphatic heterocycles. The largest absolute Gasteiger partial charge is 0.332 e. The summed E-state index contributed by atoms with van der Waals surface area (Å²) in [5.41, 5.74) is 1.26. The van der Waals surface area contributed by atoms with Gasteiger partial charge in [-0.2, -0.15) is 0 Å². The van der Waals surface area contributed by atoms with E-state index in [1.165, 1.54) is 24.4 Å². The van der Waals surface area contributed by atoms with Crippen LogP contribution in [-0.4, -0.2) is 15.6 Å². The fourth-order valence-electron chi connectivity index (χ4n) is 1.61. The van der Waals surface area contributed by atoms with E-state index < -0.39 is 0 Å². The second-order valence-corrected chi connectivity index (χ2v) is 3.72. The molecule has 1 N–H and O–H groups in total. The van der Waals surface area contributed by atoms with Gasteiger partial charge < -0.3 is 9.88 Å². The van der Waals surface area contributed by atoms with Gasteiger partial charge in [-0.3, -0.25) is 0 Å². The van der Waals surface area contributed by atoms with Crippen LogP contribution in [0.1, 0.15) is 31.3 Å². The maximum Gasteiger partial charge on any atom is 0.122 e. The highest BCUT2D eigenvalue weighted by Crippen LogP contribution is 2.19. The molecule has 0 amide bonds. The summed E-state index contributed by atoms with van der Waals surface area (Å²) in [6.45, 7) is 6.21. The molecular weight excluding hydrogens is 162 g/mol. The highest BCUT2D eigenvalue weighted by Gasteiger charge is 2.20. The minimum Gasteiger partial charge on any atom is -0.332 e. The lowest BCUT2D eigenvalue weighted by Gasteiger charge is -2.07. The van der Waals surface area contributed by atoms with E-state index in [0.717, 1.165) is 19.1 Å². The molecule has 1 saturated carbocycles. The van der Waals surface area contributed by atoms with Gasteiger partial charge in [-0.1, -0.05) is 0 Å². The summed E-state index contributed by atoms with van der Waals surface area (Å²) in [5.74, 6) is 1.17. The number of aryl methyl sites for hydroxylation is 1. The van der Waals surface area contributed by atoms with Crippen molar-refractivity contribution in [2.75, 3.05) is 0 Å². The maximum atomic E-state index is 4.39. The van der Waals surface area contributed by atoms with E-state index in [2.05, 4.69) is 28.7 Å². The van der Waals surface area contributed by atoms with Crippen LogP contribution in [0.15, 0.2) is 6.20 Å². The van der Waals surface area contributed by atoms with Crippen LogP contribution in [0, 0.1) is 6.92 Å². The van der Waals surface area contributed by atoms with Crippen LogP contribution in [0.3, 0.4) is 0 Å². The Bertz CT molecular complexity index is 286. The fraction of sp³-hybridized carbons (Fsp3) is 0.700. The third-order valence-corrected chi connectivity index (χ3v) is 2.58. The van der Waals surface area contributed by atoms with Gasteiger partial charge in [0.25, 0.3) is 0 Å². The molecule has 0 atom stereocenters. The van der Waals surface area contributed by atoms with Crippen LogP contribution in [0.4, 0.5) is 0 Å². The van der Waals surface area contributed by atoms with Crippen LogP contribution in [0.5, 0.6) is 0 Å². The van der Waals surface area contributed by atoms with E-state index >= 15 is 0 Å². The molecule has 0 unspecified atom stereocenters. The van der Waals surface area contributed by atoms with Crippen LogP contribution < -0.4 is 5.32 Å². The van der Waals surface area contributed by atoms with Crippen LogP contribution in [0.2, 0.25) is 0 Å². The topological polar surface area (TPSA) is 29.9 Å². The first-order chi connectivity index (χ1) is 6.31. The lowest BCUT2D eigenvalue weighted by Crippen LogP contribution is -2.19. The first-order valence-corrected chi connectivity index (χ1v) is 5.05. The first-order valence-electron chi connectivity index (χ1n) is 5.05. The second kappa shape index (κ2) is 3.50. The average Bonchev–Trinajstić information content (AvgIpc) is 2.88. The predicted molar refractivity (Wildman–Crippen MR) is 52.5 cm³/mol. The zero-order valence-electron chi connectivity index (χ0n) is 8.38. The first kappa shape index (κ1) is 8.75. The van der Waals surface area contributed by atoms with E-state index in [-0.39, 0.29) is 0 Å². The molecule has 1 aromatic rings. The van der Waals surface area contributed by atoms with E-state index in [1.807, 2.05) is 6.20 Å². The molecule has 1 fully saturated rings. The van der Waals surface area contributed by atoms with Gasteiger partial charge in [0, 0.05) is 24.5 Å². The Labute approximate surface area is 79.2 Å². The number of nitrogens with one attached hydrogen (secondary N) is 1. The molecule has 1 aromatic heterocycles. The van der Waals surface area contributed by atoms with Gasteiger partial charge in [0.2, 0.25) is 0 Å². The van der Waals surface area contributed by atoms with E-state index in [9.17, 15) is 0 Å². The highest BCUT2D eigenvalue weighted by molar-refractivity contribution is 5.03. The standard InChI is InChI=1S/C10H17N3/c1-3-13-8(2)6-12-10(13)7-11-9-4-5-9/h6,9,11H,3-5,7H2,1-2H3. The molecule has 3 nitrogen and oxygen atoms in total. The van der Waals surface area contributed by atoms with Gasteiger partial charge >= 0.3 is 0 Å². The normalized spacial score (nSPS) is 16.5. The van der Waals surface area contributed by atoms with Crippen molar-refractivity contribution in [3.8, 4) is 0 Å². The van der Waals surface area contributed by atoms with Crippen molar-refractivity contribution in [2.24, 2.45) is 0 Å². The molecule has 13 heavy (non-hydrogen) atoms. The van der Waals surface area contributed by atoms with Gasteiger partial charge in [0.05, 0.1) is 6.54 Å². The van der Waals surface area contributed by atoms with Crippen molar-refractivity contribution in [3.63, 3.8) is 0 Å². The molecule has 0 radical (unpaired) electrons. The Morgan fingerprint density at radius 1 is 1.62 bits per heavy atom. The molecule has 2 rings (SSSR count). The van der Waals surface area contributed by atoms with Crippen molar-refractivity contribution in [1.29, 1.82) is 0 Å². The summed E-state index contributed by atoms with van der Waals surface area (Å²) in [6, 6.07) is 0.766. The predicted octanol–water partition coefficient (Wildman–Crippen LogP) is 1.46. The van der Waals surface area contributed by atoms with Gasteiger partial charge in [-0.15, -0.1) is 0 Å². The monoisotopic (exact) mass is 179 g/mol. The van der Waals surface area contributed by atoms with Gasteiger partial charge in [-0.25, -0.2) is 4.98 Å². The van der Waals surface area contributed by atoms with Crippen molar-refractivity contribution < 1.29 is 0 Å². The van der Waals surface area contributed by atoms with Crippen LogP contribution in [-0.2, 0) is 13.1 Å². The van der Waals surface area contributed by atoms with E-state index in [1.54, 1.807) is 0 Å². The Hall–Kier alpha value is -0.830. The second-order valence-electron chi connectivity index (χ2n) is 3.72. The molecule has 0 bridgehead atoms. The third-order valence-electron chi connectivity index (χ3n) is 2.58. The highest BCUT2D eigenvalue weighted by atomic mass is 15.1. The summed E-state index contributed by atoms with van der Waals surface area (Å²) >= 11 is 0. The quantitative estimate of drug-likeness (QED) is 0.758. The SMILES string of the molecule is CCn1c(C)cnc1CNC1CC1. The maximum absolute atomic E-state index is 4.39. The number of nitrogens with zero attached hydrogens (tertiary/aromatic N) is 2. The Kier molecular flexibility index (Phi) is 2.36. The number of hydrogen-bond acceptors (Lipinski definition) is 2. The van der Waals surface area contributed by atoms with Crippen LogP contribution >= 0.6 is 0 Å². The number of imidazole rings is 1. The summed E-state index contributed by atoms with van der Waals surface area (Å²) in [5, 5.41) is 3.48. The Morgan fingerprint density at radius 3 is 3.00 bits per heavy atom. The van der Waals surface area contributed by atoms with Crippen LogP contribution in [0.25, 0.3) is 0 Å². The molecular formula is C10H17N3. The zero-order chi connectivity index (χ0) is 9.26. The smallest absolute Gasteiger partial charge is 0.122 e. The molecule has 0 saturated heterocycles. The Morgan fingerprint density at radius 2 is 2.38 bits per heavy atom. The average molecular weight is 179 g/mol. The van der Waals surface area contributed by atoms with Crippen molar-refractivity contribution in [2.45, 2.75) is 45.8 Å². The third kappa shape index (κ3) is 1.91. The number of rotatable bonds is 4. The number of hydrogen-bond donors (Lipinski definition) is 1. The fourth-order valence-corrected chi connectivity index (χ4v) is 1.61. The van der Waals surface area contributed by atoms with Gasteiger partial charge in [0.1, 0.15) is 5.82 Å². The minimum atomic E-state index is 0.766.